The molecule has 3 aliphatic heterocycles. The van der Waals surface area contributed by atoms with Crippen molar-refractivity contribution in [1.29, 1.82) is 0 Å². The first-order chi connectivity index (χ1) is 14.9. The fraction of sp³-hybridized carbons (Fsp3) is 0.360. The van der Waals surface area contributed by atoms with E-state index < -0.39 is 11.2 Å². The highest BCUT2D eigenvalue weighted by molar-refractivity contribution is 5.90. The minimum absolute atomic E-state index is 0.0216. The van der Waals surface area contributed by atoms with Gasteiger partial charge in [0.1, 0.15) is 11.2 Å². The van der Waals surface area contributed by atoms with Gasteiger partial charge in [-0.1, -0.05) is 36.4 Å². The van der Waals surface area contributed by atoms with Gasteiger partial charge >= 0.3 is 0 Å². The molecule has 2 bridgehead atoms. The number of hydrazone groups is 1. The van der Waals surface area contributed by atoms with Crippen LogP contribution < -0.4 is 9.75 Å². The van der Waals surface area contributed by atoms with E-state index in [1.807, 2.05) is 65.1 Å². The Labute approximate surface area is 182 Å². The monoisotopic (exact) mass is 414 g/mol. The Kier molecular flexibility index (Phi) is 3.73. The van der Waals surface area contributed by atoms with Gasteiger partial charge in [0.05, 0.1) is 28.6 Å². The van der Waals surface area contributed by atoms with E-state index in [2.05, 4.69) is 32.9 Å². The van der Waals surface area contributed by atoms with Crippen LogP contribution >= 0.6 is 0 Å². The quantitative estimate of drug-likeness (QED) is 0.604. The summed E-state index contributed by atoms with van der Waals surface area (Å²) in [4.78, 5) is 0. The molecule has 31 heavy (non-hydrogen) atoms. The van der Waals surface area contributed by atoms with Crippen molar-refractivity contribution in [3.05, 3.63) is 71.9 Å². The van der Waals surface area contributed by atoms with Gasteiger partial charge in [0.15, 0.2) is 6.23 Å². The molecule has 1 fully saturated rings. The van der Waals surface area contributed by atoms with Crippen molar-refractivity contribution >= 4 is 11.4 Å². The molecule has 0 unspecified atom stereocenters. The van der Waals surface area contributed by atoms with Gasteiger partial charge in [0.25, 0.3) is 0 Å². The maximum Gasteiger partial charge on any atom is 0.223 e. The fourth-order valence-electron chi connectivity index (χ4n) is 5.79. The summed E-state index contributed by atoms with van der Waals surface area (Å²) in [7, 11) is 0. The third kappa shape index (κ3) is 2.54. The molecule has 2 aromatic carbocycles. The van der Waals surface area contributed by atoms with Crippen molar-refractivity contribution < 1.29 is 9.47 Å². The zero-order chi connectivity index (χ0) is 21.4. The molecule has 3 aromatic rings. The predicted molar refractivity (Wildman–Crippen MR) is 120 cm³/mol. The van der Waals surface area contributed by atoms with E-state index in [0.717, 1.165) is 40.6 Å². The average molecular weight is 415 g/mol. The number of rotatable bonds is 2. The first kappa shape index (κ1) is 18.6. The summed E-state index contributed by atoms with van der Waals surface area (Å²) in [5, 5.41) is 11.8. The molecule has 0 saturated carbocycles. The van der Waals surface area contributed by atoms with Crippen LogP contribution in [0.2, 0.25) is 0 Å². The second kappa shape index (κ2) is 6.20. The molecule has 0 N–H and O–H groups in total. The molecule has 4 atom stereocenters. The standard InChI is InChI=1S/C25H26N4O2/c1-16-20-22(28(26-16)18-11-7-5-8-12-18)30-25(4)15-24(20,3)31-23-21(25)17(2)27-29(23)19-13-9-6-10-14-19/h5-14,20,22H,15H2,1-4H3/t20-,22+,24+,25+/m0/s1. The van der Waals surface area contributed by atoms with Gasteiger partial charge in [-0.2, -0.15) is 10.2 Å². The van der Waals surface area contributed by atoms with E-state index in [1.54, 1.807) is 0 Å². The van der Waals surface area contributed by atoms with Crippen LogP contribution in [0.5, 0.6) is 5.88 Å². The average Bonchev–Trinajstić information content (AvgIpc) is 3.26. The minimum Gasteiger partial charge on any atom is -0.470 e. The zero-order valence-electron chi connectivity index (χ0n) is 18.2. The Morgan fingerprint density at radius 1 is 0.935 bits per heavy atom. The summed E-state index contributed by atoms with van der Waals surface area (Å²) in [6, 6.07) is 20.4. The van der Waals surface area contributed by atoms with E-state index >= 15 is 0 Å². The maximum absolute atomic E-state index is 6.91. The molecule has 0 aliphatic carbocycles. The highest BCUT2D eigenvalue weighted by Crippen LogP contribution is 2.57. The number of anilines is 1. The predicted octanol–water partition coefficient (Wildman–Crippen LogP) is 4.81. The molecule has 1 saturated heterocycles. The van der Waals surface area contributed by atoms with Crippen LogP contribution in [0.3, 0.4) is 0 Å². The number of aromatic nitrogens is 2. The molecular weight excluding hydrogens is 388 g/mol. The summed E-state index contributed by atoms with van der Waals surface area (Å²) in [5.41, 5.74) is 4.03. The smallest absolute Gasteiger partial charge is 0.223 e. The second-order valence-electron chi connectivity index (χ2n) is 9.24. The van der Waals surface area contributed by atoms with E-state index in [9.17, 15) is 0 Å². The SMILES string of the molecule is CC1=NN(c2ccccc2)[C@@H]2O[C@]3(C)C[C@@](C)(Oc4c3c(C)nn4-c3ccccc3)[C@@H]12. The first-order valence-electron chi connectivity index (χ1n) is 10.8. The van der Waals surface area contributed by atoms with Gasteiger partial charge in [-0.25, -0.2) is 9.69 Å². The molecule has 158 valence electrons. The summed E-state index contributed by atoms with van der Waals surface area (Å²) < 4.78 is 15.7. The van der Waals surface area contributed by atoms with Gasteiger partial charge in [0.2, 0.25) is 5.88 Å². The number of hydrogen-bond donors (Lipinski definition) is 0. The number of para-hydroxylation sites is 2. The Bertz CT molecular complexity index is 1190. The maximum atomic E-state index is 6.91. The van der Waals surface area contributed by atoms with Crippen LogP contribution in [0.4, 0.5) is 5.69 Å². The van der Waals surface area contributed by atoms with Crippen LogP contribution in [0.1, 0.15) is 38.4 Å². The molecule has 1 aromatic heterocycles. The van der Waals surface area contributed by atoms with Crippen molar-refractivity contribution in [2.75, 3.05) is 5.01 Å². The molecule has 0 spiro atoms. The summed E-state index contributed by atoms with van der Waals surface area (Å²) in [6.45, 7) is 8.48. The van der Waals surface area contributed by atoms with Gasteiger partial charge in [0, 0.05) is 12.1 Å². The first-order valence-corrected chi connectivity index (χ1v) is 10.8. The van der Waals surface area contributed by atoms with Crippen LogP contribution in [-0.2, 0) is 10.3 Å². The highest BCUT2D eigenvalue weighted by atomic mass is 16.6. The van der Waals surface area contributed by atoms with Gasteiger partial charge in [-0.3, -0.25) is 0 Å². The number of fused-ring (bicyclic) bond motifs is 6. The Balaban J connectivity index is 1.50. The molecule has 4 heterocycles. The van der Waals surface area contributed by atoms with E-state index in [1.165, 1.54) is 0 Å². The van der Waals surface area contributed by atoms with Crippen LogP contribution in [0.15, 0.2) is 65.8 Å². The molecule has 6 nitrogen and oxygen atoms in total. The third-order valence-corrected chi connectivity index (χ3v) is 6.87. The number of benzene rings is 2. The van der Waals surface area contributed by atoms with Crippen molar-refractivity contribution in [2.45, 2.75) is 51.5 Å². The fourth-order valence-corrected chi connectivity index (χ4v) is 5.79. The Morgan fingerprint density at radius 2 is 1.58 bits per heavy atom. The van der Waals surface area contributed by atoms with Crippen molar-refractivity contribution in [3.8, 4) is 11.6 Å². The minimum atomic E-state index is -0.520. The van der Waals surface area contributed by atoms with Gasteiger partial charge < -0.3 is 9.47 Å². The zero-order valence-corrected chi connectivity index (χ0v) is 18.2. The molecule has 0 radical (unpaired) electrons. The molecule has 0 amide bonds. The number of ether oxygens (including phenoxy) is 2. The molecule has 6 heteroatoms. The van der Waals surface area contributed by atoms with Crippen LogP contribution in [-0.4, -0.2) is 27.3 Å². The summed E-state index contributed by atoms with van der Waals surface area (Å²) in [6.07, 6.45) is 0.532. The van der Waals surface area contributed by atoms with E-state index in [0.29, 0.717) is 0 Å². The normalized spacial score (nSPS) is 31.0. The van der Waals surface area contributed by atoms with E-state index in [4.69, 9.17) is 19.7 Å². The summed E-state index contributed by atoms with van der Waals surface area (Å²) >= 11 is 0. The molecular formula is C25H26N4O2. The Hall–Kier alpha value is -3.12. The van der Waals surface area contributed by atoms with Crippen molar-refractivity contribution in [2.24, 2.45) is 11.0 Å². The van der Waals surface area contributed by atoms with Gasteiger partial charge in [-0.15, -0.1) is 0 Å². The number of nitrogens with zero attached hydrogens (tertiary/aromatic N) is 4. The van der Waals surface area contributed by atoms with Crippen molar-refractivity contribution in [3.63, 3.8) is 0 Å². The lowest BCUT2D eigenvalue weighted by Gasteiger charge is -2.54. The second-order valence-corrected chi connectivity index (χ2v) is 9.24. The highest BCUT2D eigenvalue weighted by Gasteiger charge is 2.63. The summed E-state index contributed by atoms with van der Waals surface area (Å²) in [5.74, 6) is 0.803. The largest absolute Gasteiger partial charge is 0.470 e. The Morgan fingerprint density at radius 3 is 2.26 bits per heavy atom. The third-order valence-electron chi connectivity index (χ3n) is 6.87. The van der Waals surface area contributed by atoms with Crippen LogP contribution in [0, 0.1) is 12.8 Å². The van der Waals surface area contributed by atoms with E-state index in [-0.39, 0.29) is 12.1 Å². The number of hydrogen-bond acceptors (Lipinski definition) is 5. The van der Waals surface area contributed by atoms with Gasteiger partial charge in [-0.05, 0) is 52.0 Å². The topological polar surface area (TPSA) is 51.9 Å². The van der Waals surface area contributed by atoms with Crippen molar-refractivity contribution in [1.82, 2.24) is 9.78 Å². The molecule has 6 rings (SSSR count). The lowest BCUT2D eigenvalue weighted by Crippen LogP contribution is -2.63. The number of aryl methyl sites for hydroxylation is 1. The lowest BCUT2D eigenvalue weighted by molar-refractivity contribution is -0.212. The van der Waals surface area contributed by atoms with Crippen LogP contribution in [0.25, 0.3) is 5.69 Å². The lowest BCUT2D eigenvalue weighted by atomic mass is 9.70. The molecule has 3 aliphatic rings.